The van der Waals surface area contributed by atoms with Gasteiger partial charge in [0, 0.05) is 26.2 Å². The number of aliphatic carboxylic acids is 1. The molecule has 0 radical (unpaired) electrons. The first kappa shape index (κ1) is 13.8. The highest BCUT2D eigenvalue weighted by atomic mass is 16.6. The Bertz CT molecular complexity index is 378. The molecule has 1 saturated carbocycles. The molecule has 0 aromatic carbocycles. The summed E-state index contributed by atoms with van der Waals surface area (Å²) >= 11 is 0. The maximum Gasteiger partial charge on any atom is 0.353 e. The summed E-state index contributed by atoms with van der Waals surface area (Å²) in [7, 11) is 0. The number of carbonyl (C=O) groups is 2. The molecule has 19 heavy (non-hydrogen) atoms. The number of nitrogens with one attached hydrogen (secondary N) is 1. The molecule has 2 aliphatic rings. The normalized spacial score (nSPS) is 21.7. The highest BCUT2D eigenvalue weighted by molar-refractivity contribution is 6.36. The Hall–Kier alpha value is -1.63. The summed E-state index contributed by atoms with van der Waals surface area (Å²) in [6, 6.07) is 0. The summed E-state index contributed by atoms with van der Waals surface area (Å²) in [4.78, 5) is 27.0. The fourth-order valence-corrected chi connectivity index (χ4v) is 1.68. The van der Waals surface area contributed by atoms with Crippen LogP contribution in [0.25, 0.3) is 0 Å². The Morgan fingerprint density at radius 2 is 2.26 bits per heavy atom. The molecule has 0 bridgehead atoms. The Kier molecular flexibility index (Phi) is 4.73. The minimum Gasteiger partial charge on any atom is -0.477 e. The van der Waals surface area contributed by atoms with Crippen molar-refractivity contribution in [3.8, 4) is 0 Å². The lowest BCUT2D eigenvalue weighted by Crippen LogP contribution is -2.36. The van der Waals surface area contributed by atoms with Crippen LogP contribution in [-0.4, -0.2) is 48.6 Å². The number of nitrogens with zero attached hydrogens (tertiary/aromatic N) is 1. The molecule has 0 saturated heterocycles. The molecule has 1 atom stereocenters. The third-order valence-corrected chi connectivity index (χ3v) is 3.02. The average Bonchev–Trinajstić information content (AvgIpc) is 3.06. The van der Waals surface area contributed by atoms with Gasteiger partial charge in [0.25, 0.3) is 5.91 Å². The van der Waals surface area contributed by atoms with Crippen LogP contribution in [0.1, 0.15) is 25.7 Å². The van der Waals surface area contributed by atoms with E-state index in [4.69, 9.17) is 14.7 Å². The SMILES string of the molecule is O=C(O)C1=NOC(C(=O)NCCCOCC2CC2)C1. The van der Waals surface area contributed by atoms with Crippen LogP contribution >= 0.6 is 0 Å². The second-order valence-electron chi connectivity index (χ2n) is 4.80. The Labute approximate surface area is 110 Å². The van der Waals surface area contributed by atoms with E-state index in [-0.39, 0.29) is 18.0 Å². The van der Waals surface area contributed by atoms with Gasteiger partial charge in [0.1, 0.15) is 0 Å². The van der Waals surface area contributed by atoms with E-state index in [1.54, 1.807) is 0 Å². The first-order valence-electron chi connectivity index (χ1n) is 6.48. The second-order valence-corrected chi connectivity index (χ2v) is 4.80. The van der Waals surface area contributed by atoms with Crippen LogP contribution in [0.3, 0.4) is 0 Å². The average molecular weight is 270 g/mol. The number of hydrogen-bond acceptors (Lipinski definition) is 5. The molecule has 1 fully saturated rings. The zero-order chi connectivity index (χ0) is 13.7. The van der Waals surface area contributed by atoms with E-state index < -0.39 is 12.1 Å². The van der Waals surface area contributed by atoms with Gasteiger partial charge in [-0.1, -0.05) is 5.16 Å². The van der Waals surface area contributed by atoms with Gasteiger partial charge in [-0.2, -0.15) is 0 Å². The lowest BCUT2D eigenvalue weighted by atomic mass is 10.1. The number of oxime groups is 1. The van der Waals surface area contributed by atoms with Crippen LogP contribution in [0.2, 0.25) is 0 Å². The van der Waals surface area contributed by atoms with Crippen LogP contribution in [0, 0.1) is 5.92 Å². The highest BCUT2D eigenvalue weighted by Gasteiger charge is 2.31. The smallest absolute Gasteiger partial charge is 0.353 e. The predicted octanol–water partition coefficient (Wildman–Crippen LogP) is 0.149. The number of ether oxygens (including phenoxy) is 1. The van der Waals surface area contributed by atoms with E-state index in [0.717, 1.165) is 18.9 Å². The van der Waals surface area contributed by atoms with Gasteiger partial charge >= 0.3 is 5.97 Å². The van der Waals surface area contributed by atoms with Crippen molar-refractivity contribution in [3.63, 3.8) is 0 Å². The van der Waals surface area contributed by atoms with Crippen molar-refractivity contribution >= 4 is 17.6 Å². The third kappa shape index (κ3) is 4.51. The third-order valence-electron chi connectivity index (χ3n) is 3.02. The zero-order valence-electron chi connectivity index (χ0n) is 10.6. The monoisotopic (exact) mass is 270 g/mol. The van der Waals surface area contributed by atoms with Gasteiger partial charge in [-0.05, 0) is 25.2 Å². The van der Waals surface area contributed by atoms with Crippen molar-refractivity contribution in [1.29, 1.82) is 0 Å². The highest BCUT2D eigenvalue weighted by Crippen LogP contribution is 2.28. The van der Waals surface area contributed by atoms with Crippen molar-refractivity contribution in [2.45, 2.75) is 31.8 Å². The van der Waals surface area contributed by atoms with Crippen molar-refractivity contribution < 1.29 is 24.3 Å². The summed E-state index contributed by atoms with van der Waals surface area (Å²) in [6.45, 7) is 1.93. The molecule has 0 spiro atoms. The molecule has 106 valence electrons. The molecule has 1 unspecified atom stereocenters. The first-order valence-corrected chi connectivity index (χ1v) is 6.48. The number of amides is 1. The van der Waals surface area contributed by atoms with Crippen molar-refractivity contribution in [2.75, 3.05) is 19.8 Å². The van der Waals surface area contributed by atoms with E-state index in [9.17, 15) is 9.59 Å². The van der Waals surface area contributed by atoms with Gasteiger partial charge in [-0.15, -0.1) is 0 Å². The van der Waals surface area contributed by atoms with Crippen LogP contribution in [0.5, 0.6) is 0 Å². The van der Waals surface area contributed by atoms with Crippen molar-refractivity contribution in [1.82, 2.24) is 5.32 Å². The topological polar surface area (TPSA) is 97.2 Å². The van der Waals surface area contributed by atoms with Gasteiger partial charge in [-0.25, -0.2) is 4.79 Å². The fraction of sp³-hybridized carbons (Fsp3) is 0.750. The number of rotatable bonds is 8. The largest absolute Gasteiger partial charge is 0.477 e. The van der Waals surface area contributed by atoms with Gasteiger partial charge in [0.2, 0.25) is 6.10 Å². The fourth-order valence-electron chi connectivity index (χ4n) is 1.68. The molecule has 1 aliphatic carbocycles. The first-order chi connectivity index (χ1) is 9.16. The van der Waals surface area contributed by atoms with E-state index in [2.05, 4.69) is 10.5 Å². The number of hydrogen-bond donors (Lipinski definition) is 2. The molecule has 2 rings (SSSR count). The van der Waals surface area contributed by atoms with E-state index in [0.29, 0.717) is 13.2 Å². The van der Waals surface area contributed by atoms with Crippen LogP contribution in [0.15, 0.2) is 5.16 Å². The van der Waals surface area contributed by atoms with Gasteiger partial charge in [-0.3, -0.25) is 4.79 Å². The lowest BCUT2D eigenvalue weighted by Gasteiger charge is -2.09. The number of carbonyl (C=O) groups excluding carboxylic acids is 1. The van der Waals surface area contributed by atoms with Crippen molar-refractivity contribution in [2.24, 2.45) is 11.1 Å². The Morgan fingerprint density at radius 1 is 1.47 bits per heavy atom. The van der Waals surface area contributed by atoms with Crippen molar-refractivity contribution in [3.05, 3.63) is 0 Å². The number of carboxylic acid groups (broad SMARTS) is 1. The molecule has 2 N–H and O–H groups in total. The standard InChI is InChI=1S/C12H18N2O5/c15-11(10-6-9(12(16)17)14-19-10)13-4-1-5-18-7-8-2-3-8/h8,10H,1-7H2,(H,13,15)(H,16,17). The maximum atomic E-state index is 11.6. The van der Waals surface area contributed by atoms with Gasteiger partial charge < -0.3 is 20.0 Å². The molecule has 7 heteroatoms. The zero-order valence-corrected chi connectivity index (χ0v) is 10.6. The van der Waals surface area contributed by atoms with Gasteiger partial charge in [0.05, 0.1) is 0 Å². The van der Waals surface area contributed by atoms with Gasteiger partial charge in [0.15, 0.2) is 5.71 Å². The molecular formula is C12H18N2O5. The summed E-state index contributed by atoms with van der Waals surface area (Å²) in [6.07, 6.45) is 2.46. The summed E-state index contributed by atoms with van der Waals surface area (Å²) in [5.74, 6) is -0.737. The predicted molar refractivity (Wildman–Crippen MR) is 65.7 cm³/mol. The molecule has 1 aliphatic heterocycles. The molecule has 0 aromatic rings. The molecular weight excluding hydrogens is 252 g/mol. The summed E-state index contributed by atoms with van der Waals surface area (Å²) in [5.41, 5.74) is -0.118. The van der Waals surface area contributed by atoms with E-state index in [1.807, 2.05) is 0 Å². The van der Waals surface area contributed by atoms with E-state index >= 15 is 0 Å². The second kappa shape index (κ2) is 6.51. The van der Waals surface area contributed by atoms with E-state index in [1.165, 1.54) is 12.8 Å². The lowest BCUT2D eigenvalue weighted by molar-refractivity contribution is -0.131. The minimum absolute atomic E-state index is 0.0132. The summed E-state index contributed by atoms with van der Waals surface area (Å²) in [5, 5.41) is 14.7. The minimum atomic E-state index is -1.15. The molecule has 7 nitrogen and oxygen atoms in total. The number of carboxylic acids is 1. The van der Waals surface area contributed by atoms with Crippen LogP contribution in [0.4, 0.5) is 0 Å². The van der Waals surface area contributed by atoms with Crippen LogP contribution < -0.4 is 5.32 Å². The summed E-state index contributed by atoms with van der Waals surface area (Å²) < 4.78 is 5.43. The molecule has 0 aromatic heterocycles. The Balaban J connectivity index is 1.51. The molecule has 1 heterocycles. The molecule has 1 amide bonds. The van der Waals surface area contributed by atoms with Crippen LogP contribution in [-0.2, 0) is 19.2 Å². The maximum absolute atomic E-state index is 11.6. The Morgan fingerprint density at radius 3 is 2.89 bits per heavy atom. The quantitative estimate of drug-likeness (QED) is 0.612.